The Kier molecular flexibility index (Phi) is 3.49. The molecule has 0 saturated carbocycles. The largest absolute Gasteiger partial charge is 0.488 e. The van der Waals surface area contributed by atoms with E-state index in [4.69, 9.17) is 16.3 Å². The second-order valence-corrected chi connectivity index (χ2v) is 4.45. The van der Waals surface area contributed by atoms with Gasteiger partial charge in [-0.2, -0.15) is 0 Å². The molecule has 1 unspecified atom stereocenters. The van der Waals surface area contributed by atoms with Crippen LogP contribution in [0.15, 0.2) is 12.1 Å². The Balaban J connectivity index is 2.27. The molecule has 1 atom stereocenters. The van der Waals surface area contributed by atoms with Crippen molar-refractivity contribution in [3.8, 4) is 5.75 Å². The molecule has 0 bridgehead atoms. The molecule has 0 radical (unpaired) electrons. The lowest BCUT2D eigenvalue weighted by molar-refractivity contribution is -0.384. The van der Waals surface area contributed by atoms with Crippen molar-refractivity contribution in [1.29, 1.82) is 0 Å². The highest BCUT2D eigenvalue weighted by molar-refractivity contribution is 6.31. The number of non-ortho nitro benzene ring substituents is 1. The van der Waals surface area contributed by atoms with Crippen molar-refractivity contribution in [2.24, 2.45) is 0 Å². The van der Waals surface area contributed by atoms with Crippen LogP contribution >= 0.6 is 11.6 Å². The minimum Gasteiger partial charge on any atom is -0.488 e. The number of rotatable bonds is 3. The normalized spacial score (nSPS) is 19.3. The van der Waals surface area contributed by atoms with Crippen LogP contribution < -0.4 is 10.1 Å². The monoisotopic (exact) mass is 256 g/mol. The van der Waals surface area contributed by atoms with Crippen molar-refractivity contribution in [1.82, 2.24) is 5.32 Å². The van der Waals surface area contributed by atoms with E-state index in [0.29, 0.717) is 10.8 Å². The molecule has 6 heteroatoms. The topological polar surface area (TPSA) is 64.4 Å². The molecule has 0 amide bonds. The van der Waals surface area contributed by atoms with E-state index in [0.717, 1.165) is 25.1 Å². The smallest absolute Gasteiger partial charge is 0.274 e. The number of ether oxygens (including phenoxy) is 1. The molecule has 1 aromatic carbocycles. The summed E-state index contributed by atoms with van der Waals surface area (Å²) in [6.07, 6.45) is 0.964. The molecule has 0 aliphatic carbocycles. The van der Waals surface area contributed by atoms with Gasteiger partial charge in [-0.25, -0.2) is 0 Å². The van der Waals surface area contributed by atoms with E-state index in [9.17, 15) is 10.1 Å². The summed E-state index contributed by atoms with van der Waals surface area (Å²) >= 11 is 5.95. The van der Waals surface area contributed by atoms with E-state index in [1.165, 1.54) is 12.1 Å². The van der Waals surface area contributed by atoms with E-state index in [-0.39, 0.29) is 11.8 Å². The van der Waals surface area contributed by atoms with Gasteiger partial charge < -0.3 is 10.1 Å². The van der Waals surface area contributed by atoms with Crippen LogP contribution in [0.1, 0.15) is 12.0 Å². The third-order valence-electron chi connectivity index (χ3n) is 2.80. The van der Waals surface area contributed by atoms with Gasteiger partial charge in [0, 0.05) is 18.2 Å². The minimum absolute atomic E-state index is 0.0402. The first kappa shape index (κ1) is 12.1. The third kappa shape index (κ3) is 2.68. The number of benzene rings is 1. The highest BCUT2D eigenvalue weighted by Gasteiger charge is 2.20. The predicted molar refractivity (Wildman–Crippen MR) is 64.7 cm³/mol. The molecule has 92 valence electrons. The molecular weight excluding hydrogens is 244 g/mol. The van der Waals surface area contributed by atoms with Crippen molar-refractivity contribution in [3.05, 3.63) is 32.8 Å². The maximum atomic E-state index is 10.7. The lowest BCUT2D eigenvalue weighted by Gasteiger charge is -2.15. The average molecular weight is 257 g/mol. The first-order valence-electron chi connectivity index (χ1n) is 5.40. The second kappa shape index (κ2) is 4.89. The van der Waals surface area contributed by atoms with Crippen LogP contribution in [0, 0.1) is 17.0 Å². The van der Waals surface area contributed by atoms with E-state index in [1.54, 1.807) is 6.92 Å². The van der Waals surface area contributed by atoms with E-state index >= 15 is 0 Å². The molecule has 1 heterocycles. The number of halogens is 1. The van der Waals surface area contributed by atoms with Gasteiger partial charge in [-0.3, -0.25) is 10.1 Å². The van der Waals surface area contributed by atoms with Crippen LogP contribution in [0.4, 0.5) is 5.69 Å². The molecule has 2 rings (SSSR count). The van der Waals surface area contributed by atoms with Crippen LogP contribution in [-0.2, 0) is 0 Å². The summed E-state index contributed by atoms with van der Waals surface area (Å²) in [5.74, 6) is 0.498. The van der Waals surface area contributed by atoms with Crippen LogP contribution in [0.2, 0.25) is 5.02 Å². The van der Waals surface area contributed by atoms with Crippen LogP contribution in [0.3, 0.4) is 0 Å². The van der Waals surface area contributed by atoms with E-state index in [1.807, 2.05) is 0 Å². The molecule has 1 N–H and O–H groups in total. The standard InChI is InChI=1S/C11H13ClN2O3/c1-7-10(12)4-8(14(15)16)5-11(7)17-9-2-3-13-6-9/h4-5,9,13H,2-3,6H2,1H3. The summed E-state index contributed by atoms with van der Waals surface area (Å²) in [7, 11) is 0. The summed E-state index contributed by atoms with van der Waals surface area (Å²) in [5, 5.41) is 14.3. The summed E-state index contributed by atoms with van der Waals surface area (Å²) in [6.45, 7) is 3.47. The first-order valence-corrected chi connectivity index (χ1v) is 5.77. The highest BCUT2D eigenvalue weighted by Crippen LogP contribution is 2.32. The molecule has 1 fully saturated rings. The van der Waals surface area contributed by atoms with Crippen molar-refractivity contribution in [2.45, 2.75) is 19.4 Å². The maximum absolute atomic E-state index is 10.7. The van der Waals surface area contributed by atoms with Gasteiger partial charge in [0.25, 0.3) is 5.69 Å². The Hall–Kier alpha value is -1.33. The predicted octanol–water partition coefficient (Wildman–Crippen LogP) is 2.30. The van der Waals surface area contributed by atoms with E-state index < -0.39 is 4.92 Å². The number of hydrogen-bond donors (Lipinski definition) is 1. The van der Waals surface area contributed by atoms with Crippen molar-refractivity contribution in [2.75, 3.05) is 13.1 Å². The van der Waals surface area contributed by atoms with Crippen LogP contribution in [-0.4, -0.2) is 24.1 Å². The molecule has 1 aliphatic heterocycles. The number of nitro benzene ring substituents is 1. The second-order valence-electron chi connectivity index (χ2n) is 4.04. The molecular formula is C11H13ClN2O3. The van der Waals surface area contributed by atoms with Gasteiger partial charge in [0.1, 0.15) is 11.9 Å². The van der Waals surface area contributed by atoms with Crippen molar-refractivity contribution >= 4 is 17.3 Å². The highest BCUT2D eigenvalue weighted by atomic mass is 35.5. The fourth-order valence-corrected chi connectivity index (χ4v) is 1.98. The Morgan fingerprint density at radius 2 is 2.35 bits per heavy atom. The number of hydrogen-bond acceptors (Lipinski definition) is 4. The minimum atomic E-state index is -0.467. The first-order chi connectivity index (χ1) is 8.08. The SMILES string of the molecule is Cc1c(Cl)cc([N+](=O)[O-])cc1OC1CCNC1. The Morgan fingerprint density at radius 1 is 1.59 bits per heavy atom. The number of nitro groups is 1. The number of nitrogens with zero attached hydrogens (tertiary/aromatic N) is 1. The van der Waals surface area contributed by atoms with Gasteiger partial charge in [0.05, 0.1) is 16.0 Å². The molecule has 5 nitrogen and oxygen atoms in total. The van der Waals surface area contributed by atoms with Gasteiger partial charge >= 0.3 is 0 Å². The Bertz CT molecular complexity index is 445. The Labute approximate surface area is 104 Å². The molecule has 1 saturated heterocycles. The maximum Gasteiger partial charge on any atom is 0.274 e. The van der Waals surface area contributed by atoms with E-state index in [2.05, 4.69) is 5.32 Å². The lowest BCUT2D eigenvalue weighted by atomic mass is 10.2. The van der Waals surface area contributed by atoms with Gasteiger partial charge in [-0.15, -0.1) is 0 Å². The molecule has 1 aromatic rings. The van der Waals surface area contributed by atoms with Crippen molar-refractivity contribution in [3.63, 3.8) is 0 Å². The van der Waals surface area contributed by atoms with Crippen molar-refractivity contribution < 1.29 is 9.66 Å². The van der Waals surface area contributed by atoms with Gasteiger partial charge in [0.2, 0.25) is 0 Å². The van der Waals surface area contributed by atoms with Crippen LogP contribution in [0.5, 0.6) is 5.75 Å². The molecule has 1 aliphatic rings. The van der Waals surface area contributed by atoms with Gasteiger partial charge in [0.15, 0.2) is 0 Å². The third-order valence-corrected chi connectivity index (χ3v) is 3.19. The summed E-state index contributed by atoms with van der Waals surface area (Å²) in [6, 6.07) is 2.77. The summed E-state index contributed by atoms with van der Waals surface area (Å²) < 4.78 is 5.73. The zero-order chi connectivity index (χ0) is 12.4. The summed E-state index contributed by atoms with van der Waals surface area (Å²) in [5.41, 5.74) is 0.700. The lowest BCUT2D eigenvalue weighted by Crippen LogP contribution is -2.20. The Morgan fingerprint density at radius 3 is 2.94 bits per heavy atom. The van der Waals surface area contributed by atoms with Gasteiger partial charge in [-0.1, -0.05) is 11.6 Å². The zero-order valence-electron chi connectivity index (χ0n) is 9.40. The summed E-state index contributed by atoms with van der Waals surface area (Å²) in [4.78, 5) is 10.3. The average Bonchev–Trinajstić information content (AvgIpc) is 2.77. The molecule has 17 heavy (non-hydrogen) atoms. The molecule has 0 spiro atoms. The van der Waals surface area contributed by atoms with Gasteiger partial charge in [-0.05, 0) is 19.9 Å². The quantitative estimate of drug-likeness (QED) is 0.666. The van der Waals surface area contributed by atoms with Crippen LogP contribution in [0.25, 0.3) is 0 Å². The zero-order valence-corrected chi connectivity index (χ0v) is 10.2. The fraction of sp³-hybridized carbons (Fsp3) is 0.455. The molecule has 0 aromatic heterocycles. The number of nitrogens with one attached hydrogen (secondary N) is 1. The fourth-order valence-electron chi connectivity index (χ4n) is 1.78.